The molecule has 148 valence electrons. The molecule has 2 aromatic carbocycles. The van der Waals surface area contributed by atoms with Crippen molar-refractivity contribution in [2.24, 2.45) is 0 Å². The van der Waals surface area contributed by atoms with E-state index in [1.165, 1.54) is 12.1 Å². The lowest BCUT2D eigenvalue weighted by Crippen LogP contribution is -2.22. The number of alkyl halides is 3. The van der Waals surface area contributed by atoms with Crippen LogP contribution in [0.3, 0.4) is 0 Å². The van der Waals surface area contributed by atoms with E-state index in [9.17, 15) is 26.7 Å². The van der Waals surface area contributed by atoms with Gasteiger partial charge in [-0.15, -0.1) is 11.6 Å². The van der Waals surface area contributed by atoms with Crippen molar-refractivity contribution in [3.05, 3.63) is 52.8 Å². The van der Waals surface area contributed by atoms with Crippen LogP contribution >= 0.6 is 11.6 Å². The molecule has 0 amide bonds. The molecule has 0 heterocycles. The van der Waals surface area contributed by atoms with E-state index in [0.29, 0.717) is 0 Å². The van der Waals surface area contributed by atoms with Crippen molar-refractivity contribution in [1.29, 1.82) is 5.26 Å². The first kappa shape index (κ1) is 20.3. The molecular formula is C17H12ClF3N2O4S. The Hall–Kier alpha value is -2.48. The molecule has 0 aliphatic heterocycles. The van der Waals surface area contributed by atoms with E-state index in [1.54, 1.807) is 6.07 Å². The molecule has 28 heavy (non-hydrogen) atoms. The summed E-state index contributed by atoms with van der Waals surface area (Å²) in [4.78, 5) is 0. The predicted molar refractivity (Wildman–Crippen MR) is 94.5 cm³/mol. The third kappa shape index (κ3) is 3.87. The number of nitrogens with one attached hydrogen (secondary N) is 1. The lowest BCUT2D eigenvalue weighted by molar-refractivity contribution is -0.0966. The number of rotatable bonds is 5. The highest BCUT2D eigenvalue weighted by Crippen LogP contribution is 2.50. The molecule has 2 aromatic rings. The summed E-state index contributed by atoms with van der Waals surface area (Å²) in [5.41, 5.74) is -0.795. The monoisotopic (exact) mass is 432 g/mol. The fourth-order valence-corrected chi connectivity index (χ4v) is 3.61. The number of nitrogens with zero attached hydrogens (tertiary/aromatic N) is 1. The normalized spacial score (nSPS) is 17.6. The minimum absolute atomic E-state index is 0.0384. The Morgan fingerprint density at radius 1 is 1.36 bits per heavy atom. The first-order valence-electron chi connectivity index (χ1n) is 7.73. The minimum Gasteiger partial charge on any atom is -0.457 e. The molecule has 0 spiro atoms. The van der Waals surface area contributed by atoms with Crippen molar-refractivity contribution in [2.75, 3.05) is 9.93 Å². The van der Waals surface area contributed by atoms with Crippen LogP contribution in [0, 0.1) is 17.1 Å². The van der Waals surface area contributed by atoms with Gasteiger partial charge in [-0.2, -0.15) is 5.26 Å². The summed E-state index contributed by atoms with van der Waals surface area (Å²) in [6.07, 6.45) is -3.20. The highest BCUT2D eigenvalue weighted by molar-refractivity contribution is 7.93. The largest absolute Gasteiger partial charge is 0.457 e. The molecule has 1 aliphatic carbocycles. The van der Waals surface area contributed by atoms with E-state index in [1.807, 2.05) is 4.72 Å². The second-order valence-corrected chi connectivity index (χ2v) is 8.37. The summed E-state index contributed by atoms with van der Waals surface area (Å²) in [7, 11) is -4.01. The standard InChI is InChI=1S/C17H12ClF3N2O4S/c18-8-28(25,26)23-13-1-2-14(12-6-17(20,21)16(24)15(12)13)27-11-4-9(7-22)3-10(19)5-11/h1-5,16,23-24H,6,8H2/t16-/m0/s1. The van der Waals surface area contributed by atoms with Gasteiger partial charge in [0.1, 0.15) is 28.6 Å². The van der Waals surface area contributed by atoms with Gasteiger partial charge >= 0.3 is 0 Å². The summed E-state index contributed by atoms with van der Waals surface area (Å²) in [6, 6.07) is 7.22. The zero-order chi connectivity index (χ0) is 20.7. The highest BCUT2D eigenvalue weighted by atomic mass is 35.5. The van der Waals surface area contributed by atoms with Gasteiger partial charge in [-0.1, -0.05) is 0 Å². The molecule has 0 saturated heterocycles. The van der Waals surface area contributed by atoms with Gasteiger partial charge in [-0.25, -0.2) is 21.6 Å². The predicted octanol–water partition coefficient (Wildman–Crippen LogP) is 3.65. The van der Waals surface area contributed by atoms with E-state index >= 15 is 0 Å². The Morgan fingerprint density at radius 2 is 2.07 bits per heavy atom. The average molecular weight is 433 g/mol. The molecule has 0 fully saturated rings. The number of anilines is 1. The number of halogens is 4. The Labute approximate surface area is 163 Å². The highest BCUT2D eigenvalue weighted by Gasteiger charge is 2.49. The summed E-state index contributed by atoms with van der Waals surface area (Å²) >= 11 is 5.32. The third-order valence-corrected chi connectivity index (χ3v) is 5.72. The summed E-state index contributed by atoms with van der Waals surface area (Å²) in [6.45, 7) is 0. The van der Waals surface area contributed by atoms with Crippen molar-refractivity contribution in [1.82, 2.24) is 0 Å². The maximum absolute atomic E-state index is 14.1. The first-order valence-corrected chi connectivity index (χ1v) is 9.91. The number of aliphatic hydroxyl groups is 1. The minimum atomic E-state index is -4.01. The maximum atomic E-state index is 14.1. The molecule has 0 unspecified atom stereocenters. The Morgan fingerprint density at radius 3 is 2.71 bits per heavy atom. The number of fused-ring (bicyclic) bond motifs is 1. The first-order chi connectivity index (χ1) is 13.1. The van der Waals surface area contributed by atoms with Gasteiger partial charge in [0, 0.05) is 23.6 Å². The van der Waals surface area contributed by atoms with Crippen molar-refractivity contribution >= 4 is 27.3 Å². The van der Waals surface area contributed by atoms with Crippen LogP contribution in [0.4, 0.5) is 18.9 Å². The molecule has 0 radical (unpaired) electrons. The summed E-state index contributed by atoms with van der Waals surface area (Å²) in [5, 5.41) is 18.1. The van der Waals surface area contributed by atoms with Gasteiger partial charge < -0.3 is 9.84 Å². The van der Waals surface area contributed by atoms with E-state index in [4.69, 9.17) is 21.6 Å². The van der Waals surface area contributed by atoms with Gasteiger partial charge in [0.05, 0.1) is 17.3 Å². The fourth-order valence-electron chi connectivity index (χ4n) is 2.88. The number of sulfonamides is 1. The molecule has 11 heteroatoms. The van der Waals surface area contributed by atoms with Crippen LogP contribution in [0.15, 0.2) is 30.3 Å². The van der Waals surface area contributed by atoms with Crippen molar-refractivity contribution < 1.29 is 31.4 Å². The Kier molecular flexibility index (Phi) is 5.18. The number of nitriles is 1. The molecule has 1 atom stereocenters. The van der Waals surface area contributed by atoms with E-state index in [2.05, 4.69) is 0 Å². The Bertz CT molecular complexity index is 1090. The smallest absolute Gasteiger partial charge is 0.281 e. The number of hydrogen-bond donors (Lipinski definition) is 2. The summed E-state index contributed by atoms with van der Waals surface area (Å²) < 4.78 is 72.7. The number of benzene rings is 2. The molecule has 0 aromatic heterocycles. The third-order valence-electron chi connectivity index (χ3n) is 4.04. The van der Waals surface area contributed by atoms with Gasteiger partial charge in [0.2, 0.25) is 10.0 Å². The SMILES string of the molecule is N#Cc1cc(F)cc(Oc2ccc(NS(=O)(=O)CCl)c3c2CC(F)(F)[C@H]3O)c1. The van der Waals surface area contributed by atoms with E-state index in [-0.39, 0.29) is 33.9 Å². The Balaban J connectivity index is 2.08. The second-order valence-electron chi connectivity index (χ2n) is 6.06. The van der Waals surface area contributed by atoms with Crippen LogP contribution in [-0.2, 0) is 16.4 Å². The quantitative estimate of drug-likeness (QED) is 0.702. The second kappa shape index (κ2) is 7.16. The van der Waals surface area contributed by atoms with Gasteiger partial charge in [0.15, 0.2) is 0 Å². The van der Waals surface area contributed by atoms with Crippen molar-refractivity contribution in [2.45, 2.75) is 18.4 Å². The van der Waals surface area contributed by atoms with Crippen LogP contribution in [0.1, 0.15) is 22.8 Å². The maximum Gasteiger partial charge on any atom is 0.281 e. The van der Waals surface area contributed by atoms with Gasteiger partial charge in [-0.05, 0) is 24.3 Å². The molecule has 2 N–H and O–H groups in total. The zero-order valence-corrected chi connectivity index (χ0v) is 15.5. The van der Waals surface area contributed by atoms with Crippen molar-refractivity contribution in [3.63, 3.8) is 0 Å². The lowest BCUT2D eigenvalue weighted by atomic mass is 10.1. The van der Waals surface area contributed by atoms with Crippen LogP contribution in [0.25, 0.3) is 0 Å². The van der Waals surface area contributed by atoms with E-state index < -0.39 is 39.5 Å². The molecule has 1 aliphatic rings. The number of ether oxygens (including phenoxy) is 1. The van der Waals surface area contributed by atoms with Crippen LogP contribution in [0.2, 0.25) is 0 Å². The molecular weight excluding hydrogens is 421 g/mol. The average Bonchev–Trinajstić information content (AvgIpc) is 2.87. The van der Waals surface area contributed by atoms with Crippen molar-refractivity contribution in [3.8, 4) is 17.6 Å². The number of hydrogen-bond acceptors (Lipinski definition) is 5. The van der Waals surface area contributed by atoms with Crippen LogP contribution < -0.4 is 9.46 Å². The number of aliphatic hydroxyl groups excluding tert-OH is 1. The topological polar surface area (TPSA) is 99.4 Å². The van der Waals surface area contributed by atoms with Gasteiger partial charge in [-0.3, -0.25) is 4.72 Å². The van der Waals surface area contributed by atoms with Crippen LogP contribution in [-0.4, -0.2) is 24.7 Å². The fraction of sp³-hybridized carbons (Fsp3) is 0.235. The summed E-state index contributed by atoms with van der Waals surface area (Å²) in [5.74, 6) is -4.57. The molecule has 6 nitrogen and oxygen atoms in total. The van der Waals surface area contributed by atoms with E-state index in [0.717, 1.165) is 18.2 Å². The van der Waals surface area contributed by atoms with Gasteiger partial charge in [0.25, 0.3) is 5.92 Å². The van der Waals surface area contributed by atoms with Crippen LogP contribution in [0.5, 0.6) is 11.5 Å². The zero-order valence-electron chi connectivity index (χ0n) is 13.9. The molecule has 0 saturated carbocycles. The molecule has 3 rings (SSSR count). The lowest BCUT2D eigenvalue weighted by Gasteiger charge is -2.17. The molecule has 0 bridgehead atoms.